The van der Waals surface area contributed by atoms with E-state index in [-0.39, 0.29) is 0 Å². The number of allylic oxidation sites excluding steroid dienone is 3. The molecule has 0 saturated heterocycles. The molecule has 0 heterocycles. The summed E-state index contributed by atoms with van der Waals surface area (Å²) in [7, 11) is 0. The van der Waals surface area contributed by atoms with Crippen LogP contribution in [0.5, 0.6) is 0 Å². The molecule has 0 N–H and O–H groups in total. The summed E-state index contributed by atoms with van der Waals surface area (Å²) in [4.78, 5) is 0. The van der Waals surface area contributed by atoms with Gasteiger partial charge in [-0.05, 0) is 12.8 Å². The van der Waals surface area contributed by atoms with Crippen molar-refractivity contribution >= 4 is 23.2 Å². The van der Waals surface area contributed by atoms with Crippen LogP contribution in [0.25, 0.3) is 0 Å². The van der Waals surface area contributed by atoms with Gasteiger partial charge in [-0.1, -0.05) is 30.3 Å². The fraction of sp³-hybridized carbons (Fsp3) is 0.429. The summed E-state index contributed by atoms with van der Waals surface area (Å²) in [5.41, 5.74) is 0. The van der Waals surface area contributed by atoms with E-state index in [0.29, 0.717) is 10.9 Å². The van der Waals surface area contributed by atoms with Gasteiger partial charge in [-0.2, -0.15) is 0 Å². The van der Waals surface area contributed by atoms with Crippen molar-refractivity contribution in [3.63, 3.8) is 0 Å². The Morgan fingerprint density at radius 2 is 2.22 bits per heavy atom. The highest BCUT2D eigenvalue weighted by atomic mass is 35.5. The second kappa shape index (κ2) is 6.18. The molecule has 0 amide bonds. The molecular formula is C7H10Cl2. The smallest absolute Gasteiger partial charge is 0.0360 e. The first-order valence-corrected chi connectivity index (χ1v) is 3.76. The Balaban J connectivity index is 3.31. The van der Waals surface area contributed by atoms with Gasteiger partial charge in [-0.25, -0.2) is 0 Å². The van der Waals surface area contributed by atoms with E-state index in [4.69, 9.17) is 23.2 Å². The molecule has 0 aromatic heterocycles. The monoisotopic (exact) mass is 164 g/mol. The predicted octanol–water partition coefficient (Wildman–Crippen LogP) is 3.31. The van der Waals surface area contributed by atoms with Gasteiger partial charge >= 0.3 is 0 Å². The van der Waals surface area contributed by atoms with Crippen LogP contribution in [0.3, 0.4) is 0 Å². The van der Waals surface area contributed by atoms with Crippen molar-refractivity contribution in [1.29, 1.82) is 0 Å². The minimum absolute atomic E-state index is 0.692. The second-order valence-corrected chi connectivity index (χ2v) is 2.44. The van der Waals surface area contributed by atoms with Crippen LogP contribution in [-0.2, 0) is 0 Å². The Bertz CT molecular complexity index is 105. The van der Waals surface area contributed by atoms with Gasteiger partial charge < -0.3 is 0 Å². The molecule has 0 saturated carbocycles. The van der Waals surface area contributed by atoms with Crippen LogP contribution < -0.4 is 0 Å². The van der Waals surface area contributed by atoms with Crippen LogP contribution in [-0.4, -0.2) is 5.88 Å². The molecule has 0 fully saturated rings. The van der Waals surface area contributed by atoms with E-state index in [1.165, 1.54) is 0 Å². The first-order chi connectivity index (χ1) is 4.31. The van der Waals surface area contributed by atoms with E-state index < -0.39 is 0 Å². The molecule has 0 unspecified atom stereocenters. The van der Waals surface area contributed by atoms with Gasteiger partial charge in [0.15, 0.2) is 0 Å². The maximum Gasteiger partial charge on any atom is 0.0360 e. The molecule has 0 spiro atoms. The van der Waals surface area contributed by atoms with Crippen LogP contribution in [0.2, 0.25) is 0 Å². The number of alkyl halides is 1. The molecule has 0 atom stereocenters. The summed E-state index contributed by atoms with van der Waals surface area (Å²) < 4.78 is 0. The number of halogens is 2. The maximum absolute atomic E-state index is 5.60. The fourth-order valence-electron chi connectivity index (χ4n) is 0.400. The van der Waals surface area contributed by atoms with E-state index in [2.05, 4.69) is 6.58 Å². The second-order valence-electron chi connectivity index (χ2n) is 1.62. The van der Waals surface area contributed by atoms with Crippen molar-refractivity contribution in [3.05, 3.63) is 23.8 Å². The van der Waals surface area contributed by atoms with Crippen molar-refractivity contribution in [3.8, 4) is 0 Å². The van der Waals surface area contributed by atoms with Crippen LogP contribution in [0.15, 0.2) is 23.8 Å². The lowest BCUT2D eigenvalue weighted by atomic mass is 10.3. The Labute approximate surface area is 66.2 Å². The van der Waals surface area contributed by atoms with Gasteiger partial charge in [-0.15, -0.1) is 11.6 Å². The lowest BCUT2D eigenvalue weighted by molar-refractivity contribution is 0.965. The van der Waals surface area contributed by atoms with Crippen LogP contribution >= 0.6 is 23.2 Å². The van der Waals surface area contributed by atoms with E-state index >= 15 is 0 Å². The molecule has 52 valence electrons. The highest BCUT2D eigenvalue weighted by molar-refractivity contribution is 6.31. The molecule has 0 aromatic rings. The van der Waals surface area contributed by atoms with Crippen molar-refractivity contribution in [2.45, 2.75) is 12.8 Å². The summed E-state index contributed by atoms with van der Waals surface area (Å²) in [6, 6.07) is 0. The molecule has 0 aliphatic rings. The van der Waals surface area contributed by atoms with Gasteiger partial charge in [-0.3, -0.25) is 0 Å². The highest BCUT2D eigenvalue weighted by Gasteiger charge is 1.82. The first kappa shape index (κ1) is 9.06. The molecule has 0 nitrogen and oxygen atoms in total. The Morgan fingerprint density at radius 1 is 1.56 bits per heavy atom. The zero-order chi connectivity index (χ0) is 7.11. The largest absolute Gasteiger partial charge is 0.127 e. The summed E-state index contributed by atoms with van der Waals surface area (Å²) >= 11 is 11.0. The molecule has 0 aliphatic carbocycles. The van der Waals surface area contributed by atoms with Crippen LogP contribution in [0.1, 0.15) is 12.8 Å². The van der Waals surface area contributed by atoms with Gasteiger partial charge in [0.2, 0.25) is 0 Å². The predicted molar refractivity (Wildman–Crippen MR) is 44.1 cm³/mol. The summed E-state index contributed by atoms with van der Waals surface area (Å²) in [5, 5.41) is 0.708. The third kappa shape index (κ3) is 5.94. The Kier molecular flexibility index (Phi) is 6.23. The summed E-state index contributed by atoms with van der Waals surface area (Å²) in [5.74, 6) is 0.692. The van der Waals surface area contributed by atoms with Crippen molar-refractivity contribution in [1.82, 2.24) is 0 Å². The fourth-order valence-corrected chi connectivity index (χ4v) is 0.664. The molecule has 0 rings (SSSR count). The molecule has 9 heavy (non-hydrogen) atoms. The van der Waals surface area contributed by atoms with Gasteiger partial charge in [0, 0.05) is 10.9 Å². The number of hydrogen-bond acceptors (Lipinski definition) is 0. The number of hydrogen-bond donors (Lipinski definition) is 0. The lowest BCUT2D eigenvalue weighted by Gasteiger charge is -1.87. The topological polar surface area (TPSA) is 0 Å². The molecule has 0 aliphatic heterocycles. The molecule has 0 radical (unpaired) electrons. The maximum atomic E-state index is 5.60. The average Bonchev–Trinajstić information content (AvgIpc) is 1.89. The normalized spacial score (nSPS) is 11.6. The Hall–Kier alpha value is 0.0600. The summed E-state index contributed by atoms with van der Waals surface area (Å²) in [6.07, 6.45) is 5.45. The zero-order valence-electron chi connectivity index (χ0n) is 5.24. The van der Waals surface area contributed by atoms with Crippen molar-refractivity contribution < 1.29 is 0 Å². The zero-order valence-corrected chi connectivity index (χ0v) is 6.75. The average molecular weight is 165 g/mol. The van der Waals surface area contributed by atoms with Crippen molar-refractivity contribution in [2.75, 3.05) is 5.88 Å². The standard InChI is InChI=1S/C7H10Cl2/c1-2-7(9)5-3-4-6-8/h2,5H,1,3-4,6H2/b7-5+. The highest BCUT2D eigenvalue weighted by Crippen LogP contribution is 2.04. The number of unbranched alkanes of at least 4 members (excludes halogenated alkanes) is 1. The number of rotatable bonds is 4. The van der Waals surface area contributed by atoms with Gasteiger partial charge in [0.05, 0.1) is 0 Å². The Morgan fingerprint density at radius 3 is 2.67 bits per heavy atom. The van der Waals surface area contributed by atoms with E-state index in [1.54, 1.807) is 6.08 Å². The minimum Gasteiger partial charge on any atom is -0.127 e. The molecule has 0 bridgehead atoms. The third-order valence-electron chi connectivity index (χ3n) is 0.872. The third-order valence-corrected chi connectivity index (χ3v) is 1.45. The van der Waals surface area contributed by atoms with E-state index in [1.807, 2.05) is 6.08 Å². The minimum atomic E-state index is 0.692. The van der Waals surface area contributed by atoms with Gasteiger partial charge in [0.25, 0.3) is 0 Å². The van der Waals surface area contributed by atoms with E-state index in [9.17, 15) is 0 Å². The first-order valence-electron chi connectivity index (χ1n) is 2.85. The van der Waals surface area contributed by atoms with Crippen LogP contribution in [0.4, 0.5) is 0 Å². The quantitative estimate of drug-likeness (QED) is 0.340. The lowest BCUT2D eigenvalue weighted by Crippen LogP contribution is -1.71. The van der Waals surface area contributed by atoms with E-state index in [0.717, 1.165) is 12.8 Å². The van der Waals surface area contributed by atoms with Gasteiger partial charge in [0.1, 0.15) is 0 Å². The summed E-state index contributed by atoms with van der Waals surface area (Å²) in [6.45, 7) is 3.51. The van der Waals surface area contributed by atoms with Crippen molar-refractivity contribution in [2.24, 2.45) is 0 Å². The molecule has 0 aromatic carbocycles. The molecular weight excluding hydrogens is 155 g/mol. The SMILES string of the molecule is C=C/C(Cl)=C\CCCCl. The van der Waals surface area contributed by atoms with Crippen LogP contribution in [0, 0.1) is 0 Å². The molecule has 2 heteroatoms.